The zero-order chi connectivity index (χ0) is 4.41. The van der Waals surface area contributed by atoms with Crippen LogP contribution in [-0.4, -0.2) is 30.5 Å². The summed E-state index contributed by atoms with van der Waals surface area (Å²) in [5.41, 5.74) is 0. The van der Waals surface area contributed by atoms with Gasteiger partial charge in [0.2, 0.25) is 0 Å². The fourth-order valence-corrected chi connectivity index (χ4v) is 2.07. The molecule has 0 radical (unpaired) electrons. The fourth-order valence-electron chi connectivity index (χ4n) is 0.270. The average molecular weight is 210 g/mol. The third-order valence-corrected chi connectivity index (χ3v) is 3.38. The van der Waals surface area contributed by atoms with Gasteiger partial charge in [-0.25, -0.2) is 0 Å². The molecule has 0 aromatic carbocycles. The molecule has 0 aliphatic heterocycles. The quantitative estimate of drug-likeness (QED) is 0.495. The van der Waals surface area contributed by atoms with Crippen molar-refractivity contribution < 1.29 is 0 Å². The van der Waals surface area contributed by atoms with Gasteiger partial charge < -0.3 is 0 Å². The van der Waals surface area contributed by atoms with E-state index < -0.39 is 0 Å². The van der Waals surface area contributed by atoms with E-state index in [4.69, 9.17) is 0 Å². The van der Waals surface area contributed by atoms with Crippen LogP contribution in [0.2, 0.25) is 0 Å². The maximum atomic E-state index is 2.57. The molecule has 0 saturated carbocycles. The Kier molecular flexibility index (Phi) is 1.55. The second-order valence-corrected chi connectivity index (χ2v) is 5.43. The first kappa shape index (κ1) is 4.67. The molecule has 0 atom stereocenters. The van der Waals surface area contributed by atoms with Crippen molar-refractivity contribution in [3.63, 3.8) is 0 Å². The fraction of sp³-hybridized carbons (Fsp3) is 0. The molecule has 32 valence electrons. The van der Waals surface area contributed by atoms with Gasteiger partial charge in [0, 0.05) is 0 Å². The van der Waals surface area contributed by atoms with Crippen LogP contribution in [0.15, 0.2) is 17.1 Å². The zero-order valence-electron chi connectivity index (χ0n) is 3.09. The molecule has 1 rings (SSSR count). The van der Waals surface area contributed by atoms with E-state index in [-0.39, 0.29) is 0 Å². The third-order valence-electron chi connectivity index (χ3n) is 0.506. The molecule has 1 heterocycles. The van der Waals surface area contributed by atoms with Gasteiger partial charge in [-0.2, -0.15) is 0 Å². The monoisotopic (exact) mass is 212 g/mol. The Morgan fingerprint density at radius 3 is 2.67 bits per heavy atom. The van der Waals surface area contributed by atoms with E-state index in [1.54, 1.807) is 0 Å². The topological polar surface area (TPSA) is 0 Å². The van der Waals surface area contributed by atoms with E-state index in [2.05, 4.69) is 33.1 Å². The second kappa shape index (κ2) is 1.99. The van der Waals surface area contributed by atoms with Crippen LogP contribution in [0.3, 0.4) is 0 Å². The van der Waals surface area contributed by atoms with Crippen LogP contribution < -0.4 is 3.34 Å². The molecule has 0 fully saturated rings. The van der Waals surface area contributed by atoms with Crippen molar-refractivity contribution in [1.29, 1.82) is 0 Å². The summed E-state index contributed by atoms with van der Waals surface area (Å²) in [4.78, 5) is 2.21. The first-order valence-corrected chi connectivity index (χ1v) is 4.40. The third kappa shape index (κ3) is 0.990. The maximum absolute atomic E-state index is 2.57. The van der Waals surface area contributed by atoms with Gasteiger partial charge in [-0.15, -0.1) is 0 Å². The molecule has 0 amide bonds. The van der Waals surface area contributed by atoms with E-state index in [0.717, 1.165) is 0 Å². The molecule has 0 bridgehead atoms. The van der Waals surface area contributed by atoms with Crippen LogP contribution in [0, 0.1) is 0 Å². The summed E-state index contributed by atoms with van der Waals surface area (Å²) in [5, 5.41) is 0. The molecule has 0 spiro atoms. The van der Waals surface area contributed by atoms with Crippen molar-refractivity contribution in [3.8, 4) is 0 Å². The summed E-state index contributed by atoms with van der Waals surface area (Å²) < 4.78 is 1.47. The van der Waals surface area contributed by atoms with E-state index in [1.165, 1.54) is 3.34 Å². The Labute approximate surface area is 51.1 Å². The van der Waals surface area contributed by atoms with Crippen molar-refractivity contribution in [3.05, 3.63) is 17.1 Å². The van der Waals surface area contributed by atoms with E-state index in [1.807, 2.05) is 0 Å². The molecule has 1 aromatic rings. The molecule has 0 aliphatic carbocycles. The van der Waals surface area contributed by atoms with Crippen LogP contribution in [0.1, 0.15) is 0 Å². The molecule has 1 aromatic heterocycles. The van der Waals surface area contributed by atoms with E-state index >= 15 is 0 Å². The van der Waals surface area contributed by atoms with E-state index in [0.29, 0.717) is 14.5 Å². The molecule has 6 heavy (non-hydrogen) atoms. The Morgan fingerprint density at radius 1 is 1.67 bits per heavy atom. The minimum atomic E-state index is 0.681. The molecule has 0 saturated heterocycles. The molecular weight excluding hydrogens is 206 g/mol. The molecule has 0 aliphatic rings. The standard InChI is InChI=1S/C4H4Se2/c5-4-2-1-3-6-4/h1-3,5H. The van der Waals surface area contributed by atoms with Crippen molar-refractivity contribution in [2.45, 2.75) is 0 Å². The minimum absolute atomic E-state index is 0.681. The van der Waals surface area contributed by atoms with Gasteiger partial charge in [0.05, 0.1) is 0 Å². The van der Waals surface area contributed by atoms with Crippen molar-refractivity contribution in [2.75, 3.05) is 0 Å². The van der Waals surface area contributed by atoms with Crippen LogP contribution in [0.25, 0.3) is 0 Å². The van der Waals surface area contributed by atoms with Crippen LogP contribution >= 0.6 is 0 Å². The summed E-state index contributed by atoms with van der Waals surface area (Å²) in [6.07, 6.45) is 0. The first-order chi connectivity index (χ1) is 2.89. The zero-order valence-corrected chi connectivity index (χ0v) is 6.68. The number of hydrogen-bond donors (Lipinski definition) is 0. The normalized spacial score (nSPS) is 8.83. The number of hydrogen-bond acceptors (Lipinski definition) is 0. The van der Waals surface area contributed by atoms with Crippen molar-refractivity contribution in [2.24, 2.45) is 0 Å². The Bertz CT molecular complexity index is 109. The summed E-state index contributed by atoms with van der Waals surface area (Å²) in [6.45, 7) is 0. The van der Waals surface area contributed by atoms with E-state index in [9.17, 15) is 0 Å². The molecule has 0 unspecified atom stereocenters. The first-order valence-electron chi connectivity index (χ1n) is 1.62. The Morgan fingerprint density at radius 2 is 2.50 bits per heavy atom. The Hall–Kier alpha value is 0.519. The second-order valence-electron chi connectivity index (χ2n) is 0.951. The van der Waals surface area contributed by atoms with Gasteiger partial charge in [0.25, 0.3) is 0 Å². The SMILES string of the molecule is [SeH]c1ccc[se]1. The van der Waals surface area contributed by atoms with Gasteiger partial charge in [0.1, 0.15) is 0 Å². The van der Waals surface area contributed by atoms with Gasteiger partial charge in [-0.05, 0) is 0 Å². The molecular formula is C4H4Se2. The summed E-state index contributed by atoms with van der Waals surface area (Å²) in [5.74, 6) is 0. The van der Waals surface area contributed by atoms with Crippen molar-refractivity contribution in [1.82, 2.24) is 0 Å². The summed E-state index contributed by atoms with van der Waals surface area (Å²) in [7, 11) is 0. The van der Waals surface area contributed by atoms with Crippen LogP contribution in [-0.2, 0) is 0 Å². The predicted octanol–water partition coefficient (Wildman–Crippen LogP) is -0.730. The van der Waals surface area contributed by atoms with Gasteiger partial charge in [0.15, 0.2) is 0 Å². The summed E-state index contributed by atoms with van der Waals surface area (Å²) >= 11 is 3.25. The van der Waals surface area contributed by atoms with Crippen LogP contribution in [0.5, 0.6) is 0 Å². The van der Waals surface area contributed by atoms with Gasteiger partial charge >= 0.3 is 50.9 Å². The Balaban J connectivity index is 3.05. The predicted molar refractivity (Wildman–Crippen MR) is 30.2 cm³/mol. The van der Waals surface area contributed by atoms with Gasteiger partial charge in [-0.1, -0.05) is 0 Å². The molecule has 2 heteroatoms. The molecule has 0 nitrogen and oxygen atoms in total. The average Bonchev–Trinajstić information content (AvgIpc) is 1.86. The van der Waals surface area contributed by atoms with Crippen LogP contribution in [0.4, 0.5) is 0 Å². The number of rotatable bonds is 0. The molecule has 0 N–H and O–H groups in total. The summed E-state index contributed by atoms with van der Waals surface area (Å²) in [6, 6.07) is 4.24. The van der Waals surface area contributed by atoms with Crippen molar-refractivity contribution >= 4 is 33.9 Å². The van der Waals surface area contributed by atoms with Gasteiger partial charge in [-0.3, -0.25) is 0 Å².